The van der Waals surface area contributed by atoms with Gasteiger partial charge in [0.25, 0.3) is 5.91 Å². The van der Waals surface area contributed by atoms with E-state index in [-0.39, 0.29) is 12.5 Å². The van der Waals surface area contributed by atoms with Crippen LogP contribution in [0.25, 0.3) is 10.8 Å². The molecular formula is C22H19NO4. The summed E-state index contributed by atoms with van der Waals surface area (Å²) in [6.07, 6.45) is 0.447. The summed E-state index contributed by atoms with van der Waals surface area (Å²) in [6, 6.07) is 20.4. The van der Waals surface area contributed by atoms with Gasteiger partial charge >= 0.3 is 5.97 Å². The van der Waals surface area contributed by atoms with E-state index in [1.54, 1.807) is 0 Å². The smallest absolute Gasteiger partial charge is 0.329 e. The SMILES string of the molecule is COC(=O)[C@@H]1Cc2ccccc2N1C(=O)COc1cccc2ccccc12. The molecule has 0 N–H and O–H groups in total. The molecule has 0 spiro atoms. The molecule has 3 aromatic carbocycles. The minimum Gasteiger partial charge on any atom is -0.483 e. The molecule has 0 saturated carbocycles. The molecule has 5 heteroatoms. The molecule has 1 aliphatic heterocycles. The van der Waals surface area contributed by atoms with Crippen LogP contribution in [0.2, 0.25) is 0 Å². The minimum absolute atomic E-state index is 0.157. The topological polar surface area (TPSA) is 55.8 Å². The van der Waals surface area contributed by atoms with E-state index in [4.69, 9.17) is 9.47 Å². The van der Waals surface area contributed by atoms with Gasteiger partial charge in [-0.15, -0.1) is 0 Å². The quantitative estimate of drug-likeness (QED) is 0.669. The number of carbonyl (C=O) groups is 2. The average Bonchev–Trinajstić information content (AvgIpc) is 3.11. The van der Waals surface area contributed by atoms with Crippen LogP contribution in [0.15, 0.2) is 66.7 Å². The zero-order valence-electron chi connectivity index (χ0n) is 14.9. The number of anilines is 1. The standard InChI is InChI=1S/C22H19NO4/c1-26-22(25)19-13-16-8-3-5-11-18(16)23(19)21(24)14-27-20-12-6-9-15-7-2-4-10-17(15)20/h2-12,19H,13-14H2,1H3/t19-/m0/s1. The fourth-order valence-electron chi connectivity index (χ4n) is 3.55. The van der Waals surface area contributed by atoms with Gasteiger partial charge < -0.3 is 9.47 Å². The van der Waals surface area contributed by atoms with Crippen LogP contribution in [0.4, 0.5) is 5.69 Å². The summed E-state index contributed by atoms with van der Waals surface area (Å²) in [5.41, 5.74) is 1.69. The summed E-state index contributed by atoms with van der Waals surface area (Å²) in [4.78, 5) is 26.6. The maximum Gasteiger partial charge on any atom is 0.329 e. The van der Waals surface area contributed by atoms with Crippen molar-refractivity contribution in [2.24, 2.45) is 0 Å². The number of hydrogen-bond donors (Lipinski definition) is 0. The van der Waals surface area contributed by atoms with Crippen LogP contribution in [0, 0.1) is 0 Å². The highest BCUT2D eigenvalue weighted by molar-refractivity contribution is 6.03. The number of para-hydroxylation sites is 1. The van der Waals surface area contributed by atoms with Gasteiger partial charge in [0.1, 0.15) is 11.8 Å². The van der Waals surface area contributed by atoms with E-state index in [1.165, 1.54) is 12.0 Å². The number of ether oxygens (including phenoxy) is 2. The first-order valence-electron chi connectivity index (χ1n) is 8.77. The lowest BCUT2D eigenvalue weighted by atomic mass is 10.1. The number of benzene rings is 3. The average molecular weight is 361 g/mol. The Morgan fingerprint density at radius 2 is 1.74 bits per heavy atom. The maximum atomic E-state index is 12.9. The van der Waals surface area contributed by atoms with Crippen molar-refractivity contribution in [1.29, 1.82) is 0 Å². The summed E-state index contributed by atoms with van der Waals surface area (Å²) < 4.78 is 10.7. The molecule has 0 aliphatic carbocycles. The van der Waals surface area contributed by atoms with Crippen molar-refractivity contribution in [2.45, 2.75) is 12.5 Å². The van der Waals surface area contributed by atoms with E-state index in [9.17, 15) is 9.59 Å². The third-order valence-electron chi connectivity index (χ3n) is 4.82. The molecule has 0 saturated heterocycles. The van der Waals surface area contributed by atoms with Gasteiger partial charge in [-0.25, -0.2) is 4.79 Å². The van der Waals surface area contributed by atoms with Gasteiger partial charge in [-0.3, -0.25) is 9.69 Å². The first-order chi connectivity index (χ1) is 13.2. The summed E-state index contributed by atoms with van der Waals surface area (Å²) in [5, 5.41) is 1.99. The van der Waals surface area contributed by atoms with Crippen LogP contribution < -0.4 is 9.64 Å². The number of methoxy groups -OCH3 is 1. The number of hydrogen-bond acceptors (Lipinski definition) is 4. The van der Waals surface area contributed by atoms with Crippen molar-refractivity contribution in [1.82, 2.24) is 0 Å². The number of rotatable bonds is 4. The summed E-state index contributed by atoms with van der Waals surface area (Å²) in [7, 11) is 1.33. The van der Waals surface area contributed by atoms with Crippen LogP contribution in [-0.2, 0) is 20.7 Å². The van der Waals surface area contributed by atoms with Gasteiger partial charge in [-0.05, 0) is 23.1 Å². The fourth-order valence-corrected chi connectivity index (χ4v) is 3.55. The summed E-state index contributed by atoms with van der Waals surface area (Å²) >= 11 is 0. The molecule has 0 aromatic heterocycles. The van der Waals surface area contributed by atoms with Gasteiger partial charge in [0.2, 0.25) is 0 Å². The third kappa shape index (κ3) is 3.12. The minimum atomic E-state index is -0.656. The zero-order valence-corrected chi connectivity index (χ0v) is 14.9. The van der Waals surface area contributed by atoms with Crippen molar-refractivity contribution in [3.8, 4) is 5.75 Å². The Hall–Kier alpha value is -3.34. The molecule has 3 aromatic rings. The molecule has 1 heterocycles. The van der Waals surface area contributed by atoms with Crippen molar-refractivity contribution in [3.63, 3.8) is 0 Å². The van der Waals surface area contributed by atoms with Gasteiger partial charge in [-0.2, -0.15) is 0 Å². The number of nitrogens with zero attached hydrogens (tertiary/aromatic N) is 1. The predicted molar refractivity (Wildman–Crippen MR) is 103 cm³/mol. The zero-order chi connectivity index (χ0) is 18.8. The van der Waals surface area contributed by atoms with E-state index in [1.807, 2.05) is 66.7 Å². The lowest BCUT2D eigenvalue weighted by molar-refractivity contribution is -0.143. The molecule has 0 bridgehead atoms. The van der Waals surface area contributed by atoms with E-state index in [2.05, 4.69) is 0 Å². The van der Waals surface area contributed by atoms with Crippen LogP contribution in [0.5, 0.6) is 5.75 Å². The second kappa shape index (κ2) is 7.11. The second-order valence-corrected chi connectivity index (χ2v) is 6.40. The molecule has 1 aliphatic rings. The lowest BCUT2D eigenvalue weighted by Gasteiger charge is -2.24. The Morgan fingerprint density at radius 3 is 2.59 bits per heavy atom. The molecule has 0 fully saturated rings. The van der Waals surface area contributed by atoms with Gasteiger partial charge in [0.05, 0.1) is 7.11 Å². The first kappa shape index (κ1) is 17.1. The number of esters is 1. The highest BCUT2D eigenvalue weighted by Crippen LogP contribution is 2.33. The summed E-state index contributed by atoms with van der Waals surface area (Å²) in [5.74, 6) is -0.0588. The van der Waals surface area contributed by atoms with Crippen molar-refractivity contribution < 1.29 is 19.1 Å². The fraction of sp³-hybridized carbons (Fsp3) is 0.182. The second-order valence-electron chi connectivity index (χ2n) is 6.40. The van der Waals surface area contributed by atoms with Gasteiger partial charge in [0, 0.05) is 17.5 Å². The Morgan fingerprint density at radius 1 is 1.00 bits per heavy atom. The molecule has 27 heavy (non-hydrogen) atoms. The highest BCUT2D eigenvalue weighted by atomic mass is 16.5. The third-order valence-corrected chi connectivity index (χ3v) is 4.82. The number of carbonyl (C=O) groups excluding carboxylic acids is 2. The Labute approximate surface area is 157 Å². The highest BCUT2D eigenvalue weighted by Gasteiger charge is 2.39. The van der Waals surface area contributed by atoms with Crippen LogP contribution >= 0.6 is 0 Å². The summed E-state index contributed by atoms with van der Waals surface area (Å²) in [6.45, 7) is -0.157. The molecule has 1 amide bonds. The Bertz CT molecular complexity index is 1010. The lowest BCUT2D eigenvalue weighted by Crippen LogP contribution is -2.45. The maximum absolute atomic E-state index is 12.9. The van der Waals surface area contributed by atoms with Crippen LogP contribution in [-0.4, -0.2) is 31.6 Å². The van der Waals surface area contributed by atoms with E-state index in [0.717, 1.165) is 22.0 Å². The molecule has 0 unspecified atom stereocenters. The normalized spacial score (nSPS) is 15.4. The molecule has 5 nitrogen and oxygen atoms in total. The van der Waals surface area contributed by atoms with Gasteiger partial charge in [-0.1, -0.05) is 54.6 Å². The Kier molecular flexibility index (Phi) is 4.50. The molecular weight excluding hydrogens is 342 g/mol. The molecule has 4 rings (SSSR count). The molecule has 1 atom stereocenters. The first-order valence-corrected chi connectivity index (χ1v) is 8.77. The molecule has 0 radical (unpaired) electrons. The van der Waals surface area contributed by atoms with Crippen molar-refractivity contribution in [2.75, 3.05) is 18.6 Å². The largest absolute Gasteiger partial charge is 0.483 e. The van der Waals surface area contributed by atoms with Crippen LogP contribution in [0.1, 0.15) is 5.56 Å². The van der Waals surface area contributed by atoms with Crippen molar-refractivity contribution >= 4 is 28.3 Å². The number of amides is 1. The predicted octanol–water partition coefficient (Wildman–Crippen LogP) is 3.35. The van der Waals surface area contributed by atoms with E-state index < -0.39 is 12.0 Å². The molecule has 136 valence electrons. The van der Waals surface area contributed by atoms with Crippen LogP contribution in [0.3, 0.4) is 0 Å². The van der Waals surface area contributed by atoms with E-state index >= 15 is 0 Å². The van der Waals surface area contributed by atoms with E-state index in [0.29, 0.717) is 12.2 Å². The monoisotopic (exact) mass is 361 g/mol. The van der Waals surface area contributed by atoms with Gasteiger partial charge in [0.15, 0.2) is 6.61 Å². The number of fused-ring (bicyclic) bond motifs is 2. The van der Waals surface area contributed by atoms with Crippen molar-refractivity contribution in [3.05, 3.63) is 72.3 Å². The Balaban J connectivity index is 1.58.